The van der Waals surface area contributed by atoms with Crippen molar-refractivity contribution in [3.63, 3.8) is 0 Å². The summed E-state index contributed by atoms with van der Waals surface area (Å²) in [5.74, 6) is -2.45. The molecule has 12 heteroatoms. The van der Waals surface area contributed by atoms with Crippen LogP contribution in [-0.2, 0) is 10.0 Å². The fourth-order valence-corrected chi connectivity index (χ4v) is 5.16. The van der Waals surface area contributed by atoms with Crippen molar-refractivity contribution < 1.29 is 22.0 Å². The Morgan fingerprint density at radius 1 is 1.32 bits per heavy atom. The Kier molecular flexibility index (Phi) is 6.89. The second-order valence-electron chi connectivity index (χ2n) is 6.70. The minimum Gasteiger partial charge on any atom is -0.495 e. The van der Waals surface area contributed by atoms with Crippen molar-refractivity contribution in [1.82, 2.24) is 14.9 Å². The predicted molar refractivity (Wildman–Crippen MR) is 115 cm³/mol. The number of H-pyrrole nitrogens is 1. The molecule has 0 saturated heterocycles. The number of ether oxygens (including phenoxy) is 1. The third-order valence-electron chi connectivity index (χ3n) is 4.77. The zero-order chi connectivity index (χ0) is 22.9. The molecule has 3 aromatic rings. The molecule has 0 saturated carbocycles. The topological polar surface area (TPSA) is 114 Å². The van der Waals surface area contributed by atoms with E-state index in [1.807, 2.05) is 0 Å². The van der Waals surface area contributed by atoms with E-state index >= 15 is 0 Å². The molecular formula is C19H18BrClFN3O5S. The van der Waals surface area contributed by atoms with Crippen molar-refractivity contribution in [3.05, 3.63) is 73.2 Å². The van der Waals surface area contributed by atoms with Crippen molar-refractivity contribution in [2.45, 2.75) is 30.7 Å². The number of halogens is 3. The number of sulfonamides is 1. The van der Waals surface area contributed by atoms with E-state index in [0.29, 0.717) is 10.0 Å². The minimum atomic E-state index is -4.23. The Balaban J connectivity index is 2.12. The molecule has 2 N–H and O–H groups in total. The fraction of sp³-hybridized carbons (Fsp3) is 0.263. The molecule has 0 spiro atoms. The zero-order valence-corrected chi connectivity index (χ0v) is 19.7. The molecule has 0 aliphatic heterocycles. The lowest BCUT2D eigenvalue weighted by Crippen LogP contribution is -2.33. The van der Waals surface area contributed by atoms with Crippen LogP contribution in [0.15, 0.2) is 48.9 Å². The lowest BCUT2D eigenvalue weighted by atomic mass is 9.90. The first-order chi connectivity index (χ1) is 14.5. The summed E-state index contributed by atoms with van der Waals surface area (Å²) in [4.78, 5) is 11.3. The molecule has 0 aliphatic rings. The highest BCUT2D eigenvalue weighted by atomic mass is 79.9. The van der Waals surface area contributed by atoms with Crippen molar-refractivity contribution in [1.29, 1.82) is 0 Å². The number of aromatic amines is 1. The van der Waals surface area contributed by atoms with E-state index in [9.17, 15) is 17.6 Å². The molecule has 1 heterocycles. The molecule has 31 heavy (non-hydrogen) atoms. The molecule has 0 fully saturated rings. The quantitative estimate of drug-likeness (QED) is 0.473. The molecule has 0 bridgehead atoms. The normalized spacial score (nSPS) is 13.7. The molecule has 0 unspecified atom stereocenters. The van der Waals surface area contributed by atoms with Crippen LogP contribution in [0, 0.1) is 12.7 Å². The average molecular weight is 535 g/mol. The van der Waals surface area contributed by atoms with Crippen molar-refractivity contribution in [2.24, 2.45) is 0 Å². The summed E-state index contributed by atoms with van der Waals surface area (Å²) < 4.78 is 54.4. The Bertz CT molecular complexity index is 1280. The lowest BCUT2D eigenvalue weighted by molar-refractivity contribution is 0.374. The van der Waals surface area contributed by atoms with Gasteiger partial charge in [-0.3, -0.25) is 0 Å². The van der Waals surface area contributed by atoms with E-state index < -0.39 is 33.6 Å². The van der Waals surface area contributed by atoms with Gasteiger partial charge in [0.05, 0.1) is 7.11 Å². The van der Waals surface area contributed by atoms with Gasteiger partial charge in [0.25, 0.3) is 0 Å². The number of nitrogens with zero attached hydrogens (tertiary/aromatic N) is 1. The molecular weight excluding hydrogens is 517 g/mol. The maximum absolute atomic E-state index is 14.7. The van der Waals surface area contributed by atoms with E-state index in [1.54, 1.807) is 19.9 Å². The second kappa shape index (κ2) is 9.11. The van der Waals surface area contributed by atoms with Crippen LogP contribution in [0.5, 0.6) is 5.75 Å². The second-order valence-corrected chi connectivity index (χ2v) is 9.68. The van der Waals surface area contributed by atoms with Crippen LogP contribution in [0.3, 0.4) is 0 Å². The number of hydrogen-bond donors (Lipinski definition) is 2. The summed E-state index contributed by atoms with van der Waals surface area (Å²) in [5, 5.41) is 6.14. The Morgan fingerprint density at radius 2 is 2.03 bits per heavy atom. The van der Waals surface area contributed by atoms with E-state index in [0.717, 1.165) is 0 Å². The Labute approximate surface area is 190 Å². The average Bonchev–Trinajstić information content (AvgIpc) is 3.14. The highest BCUT2D eigenvalue weighted by molar-refractivity contribution is 9.10. The zero-order valence-electron chi connectivity index (χ0n) is 16.6. The first-order valence-corrected chi connectivity index (χ1v) is 11.6. The van der Waals surface area contributed by atoms with Gasteiger partial charge in [0.1, 0.15) is 22.5 Å². The smallest absolute Gasteiger partial charge is 0.434 e. The fourth-order valence-electron chi connectivity index (χ4n) is 3.23. The molecule has 0 radical (unpaired) electrons. The SMILES string of the molecule is COc1cc(Cl)ccc1S(=O)(=O)N[C@H](c1n[nH]c(=O)o1)[C@H](C)c1c(F)ccc(Br)c1C. The standard InChI is InChI=1S/C19H18BrClFN3O5S/c1-9-12(20)5-6-13(22)16(9)10(2)17(18-23-24-19(26)30-18)25-31(27,28)15-7-4-11(21)8-14(15)29-3/h4-8,10,17,25H,1-3H3,(H,24,26)/t10-,17+/m1/s1. The largest absolute Gasteiger partial charge is 0.495 e. The van der Waals surface area contributed by atoms with E-state index in [4.69, 9.17) is 20.8 Å². The van der Waals surface area contributed by atoms with Gasteiger partial charge in [-0.2, -0.15) is 4.72 Å². The van der Waals surface area contributed by atoms with Crippen LogP contribution in [0.1, 0.15) is 35.9 Å². The lowest BCUT2D eigenvalue weighted by Gasteiger charge is -2.25. The van der Waals surface area contributed by atoms with Gasteiger partial charge in [-0.25, -0.2) is 22.7 Å². The molecule has 8 nitrogen and oxygen atoms in total. The number of rotatable bonds is 7. The molecule has 2 aromatic carbocycles. The minimum absolute atomic E-state index is 0.0136. The van der Waals surface area contributed by atoms with Gasteiger partial charge in [0, 0.05) is 21.5 Å². The first-order valence-electron chi connectivity index (χ1n) is 8.91. The first kappa shape index (κ1) is 23.5. The summed E-state index contributed by atoms with van der Waals surface area (Å²) in [7, 11) is -2.93. The van der Waals surface area contributed by atoms with Crippen molar-refractivity contribution in [3.8, 4) is 5.75 Å². The van der Waals surface area contributed by atoms with Gasteiger partial charge in [0.2, 0.25) is 15.9 Å². The third kappa shape index (κ3) is 4.84. The monoisotopic (exact) mass is 533 g/mol. The maximum Gasteiger partial charge on any atom is 0.434 e. The molecule has 1 aromatic heterocycles. The summed E-state index contributed by atoms with van der Waals surface area (Å²) in [6.45, 7) is 3.28. The number of benzene rings is 2. The van der Waals surface area contributed by atoms with Crippen LogP contribution in [0.2, 0.25) is 5.02 Å². The highest BCUT2D eigenvalue weighted by Gasteiger charge is 2.34. The Hall–Kier alpha value is -2.21. The van der Waals surface area contributed by atoms with E-state index in [2.05, 4.69) is 30.8 Å². The van der Waals surface area contributed by atoms with Gasteiger partial charge in [-0.1, -0.05) is 34.5 Å². The van der Waals surface area contributed by atoms with Gasteiger partial charge < -0.3 is 9.15 Å². The summed E-state index contributed by atoms with van der Waals surface area (Å²) in [6, 6.07) is 5.61. The number of hydrogen-bond acceptors (Lipinski definition) is 6. The Morgan fingerprint density at radius 3 is 2.65 bits per heavy atom. The van der Waals surface area contributed by atoms with Gasteiger partial charge >= 0.3 is 5.76 Å². The molecule has 3 rings (SSSR count). The van der Waals surface area contributed by atoms with Crippen LogP contribution in [-0.4, -0.2) is 25.7 Å². The molecule has 166 valence electrons. The van der Waals surface area contributed by atoms with Crippen molar-refractivity contribution >= 4 is 37.6 Å². The van der Waals surface area contributed by atoms with Crippen LogP contribution >= 0.6 is 27.5 Å². The van der Waals surface area contributed by atoms with E-state index in [1.165, 1.54) is 31.4 Å². The van der Waals surface area contributed by atoms with Crippen LogP contribution < -0.4 is 15.2 Å². The van der Waals surface area contributed by atoms with Gasteiger partial charge in [-0.05, 0) is 42.3 Å². The number of aromatic nitrogens is 2. The maximum atomic E-state index is 14.7. The molecule has 0 amide bonds. The predicted octanol–water partition coefficient (Wildman–Crippen LogP) is 4.06. The van der Waals surface area contributed by atoms with Crippen LogP contribution in [0.25, 0.3) is 0 Å². The number of methoxy groups -OCH3 is 1. The van der Waals surface area contributed by atoms with Crippen LogP contribution in [0.4, 0.5) is 4.39 Å². The number of nitrogens with one attached hydrogen (secondary N) is 2. The third-order valence-corrected chi connectivity index (χ3v) is 7.34. The van der Waals surface area contributed by atoms with Gasteiger partial charge in [-0.15, -0.1) is 5.10 Å². The summed E-state index contributed by atoms with van der Waals surface area (Å²) in [5.41, 5.74) is 0.800. The van der Waals surface area contributed by atoms with Crippen molar-refractivity contribution in [2.75, 3.05) is 7.11 Å². The molecule has 2 atom stereocenters. The van der Waals surface area contributed by atoms with E-state index in [-0.39, 0.29) is 27.1 Å². The summed E-state index contributed by atoms with van der Waals surface area (Å²) in [6.07, 6.45) is 0. The summed E-state index contributed by atoms with van der Waals surface area (Å²) >= 11 is 9.28. The molecule has 0 aliphatic carbocycles. The van der Waals surface area contributed by atoms with Gasteiger partial charge in [0.15, 0.2) is 0 Å². The highest BCUT2D eigenvalue weighted by Crippen LogP contribution is 2.37.